The molecule has 6 heteroatoms. The van der Waals surface area contributed by atoms with Crippen LogP contribution in [0.4, 0.5) is 0 Å². The van der Waals surface area contributed by atoms with Crippen LogP contribution in [-0.2, 0) is 0 Å². The molecule has 1 fully saturated rings. The number of aliphatic imine (C=N–C) groups is 1. The number of nitrogens with one attached hydrogen (secondary N) is 2. The fraction of sp³-hybridized carbons (Fsp3) is 0.667. The maximum atomic E-state index is 5.71. The van der Waals surface area contributed by atoms with Gasteiger partial charge in [-0.3, -0.25) is 4.99 Å². The van der Waals surface area contributed by atoms with Crippen LogP contribution in [0.25, 0.3) is 0 Å². The molecule has 1 atom stereocenters. The number of likely N-dealkylation sites (tertiary alicyclic amines) is 1. The van der Waals surface area contributed by atoms with Gasteiger partial charge in [-0.1, -0.05) is 6.92 Å². The van der Waals surface area contributed by atoms with Crippen molar-refractivity contribution in [1.29, 1.82) is 0 Å². The van der Waals surface area contributed by atoms with Crippen molar-refractivity contribution in [2.45, 2.75) is 32.6 Å². The second-order valence-electron chi connectivity index (χ2n) is 7.20. The van der Waals surface area contributed by atoms with Crippen LogP contribution in [0.1, 0.15) is 32.6 Å². The minimum atomic E-state index is 0.584. The molecule has 0 amide bonds. The third-order valence-electron chi connectivity index (χ3n) is 4.88. The maximum absolute atomic E-state index is 5.71. The Kier molecular flexibility index (Phi) is 9.84. The number of nitrogens with zero attached hydrogens (tertiary/aromatic N) is 2. The van der Waals surface area contributed by atoms with Crippen molar-refractivity contribution in [3.8, 4) is 11.5 Å². The first-order chi connectivity index (χ1) is 13.2. The molecule has 0 aromatic heterocycles. The number of methoxy groups -OCH3 is 1. The molecule has 0 radical (unpaired) electrons. The molecule has 152 valence electrons. The summed E-state index contributed by atoms with van der Waals surface area (Å²) in [6.07, 6.45) is 5.14. The molecule has 1 aromatic rings. The van der Waals surface area contributed by atoms with Crippen LogP contribution in [0.3, 0.4) is 0 Å². The molecule has 2 rings (SSSR count). The van der Waals surface area contributed by atoms with Crippen LogP contribution < -0.4 is 20.1 Å². The van der Waals surface area contributed by atoms with Crippen molar-refractivity contribution >= 4 is 5.96 Å². The van der Waals surface area contributed by atoms with Gasteiger partial charge in [0.05, 0.1) is 13.7 Å². The zero-order valence-corrected chi connectivity index (χ0v) is 17.2. The number of rotatable bonds is 10. The molecular weight excluding hydrogens is 340 g/mol. The Morgan fingerprint density at radius 1 is 1.15 bits per heavy atom. The van der Waals surface area contributed by atoms with Gasteiger partial charge >= 0.3 is 0 Å². The summed E-state index contributed by atoms with van der Waals surface area (Å²) in [6.45, 7) is 8.36. The van der Waals surface area contributed by atoms with Gasteiger partial charge < -0.3 is 25.0 Å². The Hall–Kier alpha value is -1.95. The molecule has 1 saturated heterocycles. The van der Waals surface area contributed by atoms with Crippen molar-refractivity contribution in [2.75, 3.05) is 53.5 Å². The zero-order valence-electron chi connectivity index (χ0n) is 17.2. The van der Waals surface area contributed by atoms with Crippen LogP contribution in [-0.4, -0.2) is 64.3 Å². The molecule has 1 heterocycles. The van der Waals surface area contributed by atoms with Gasteiger partial charge in [0.1, 0.15) is 18.1 Å². The summed E-state index contributed by atoms with van der Waals surface area (Å²) in [5.41, 5.74) is 0. The summed E-state index contributed by atoms with van der Waals surface area (Å²) in [4.78, 5) is 6.87. The van der Waals surface area contributed by atoms with E-state index < -0.39 is 0 Å². The summed E-state index contributed by atoms with van der Waals surface area (Å²) in [6, 6.07) is 7.62. The summed E-state index contributed by atoms with van der Waals surface area (Å²) < 4.78 is 10.9. The minimum absolute atomic E-state index is 0.584. The van der Waals surface area contributed by atoms with Crippen molar-refractivity contribution in [3.63, 3.8) is 0 Å². The van der Waals surface area contributed by atoms with E-state index in [-0.39, 0.29) is 0 Å². The van der Waals surface area contributed by atoms with Crippen LogP contribution in [0.15, 0.2) is 29.3 Å². The van der Waals surface area contributed by atoms with Gasteiger partial charge in [-0.2, -0.15) is 0 Å². The first kappa shape index (κ1) is 21.4. The third-order valence-corrected chi connectivity index (χ3v) is 4.88. The van der Waals surface area contributed by atoms with Gasteiger partial charge in [0, 0.05) is 20.1 Å². The van der Waals surface area contributed by atoms with Crippen LogP contribution in [0.2, 0.25) is 0 Å². The van der Waals surface area contributed by atoms with Gasteiger partial charge in [0.15, 0.2) is 5.96 Å². The first-order valence-corrected chi connectivity index (χ1v) is 10.1. The van der Waals surface area contributed by atoms with Crippen molar-refractivity contribution in [3.05, 3.63) is 24.3 Å². The molecule has 2 N–H and O–H groups in total. The van der Waals surface area contributed by atoms with Crippen LogP contribution in [0.5, 0.6) is 11.5 Å². The lowest BCUT2D eigenvalue weighted by atomic mass is 10.0. The van der Waals surface area contributed by atoms with Crippen molar-refractivity contribution < 1.29 is 9.47 Å². The van der Waals surface area contributed by atoms with Crippen LogP contribution >= 0.6 is 0 Å². The van der Waals surface area contributed by atoms with E-state index in [2.05, 4.69) is 27.4 Å². The predicted molar refractivity (Wildman–Crippen MR) is 112 cm³/mol. The third kappa shape index (κ3) is 8.52. The van der Waals surface area contributed by atoms with E-state index in [0.717, 1.165) is 36.3 Å². The van der Waals surface area contributed by atoms with E-state index in [1.165, 1.54) is 38.9 Å². The Morgan fingerprint density at radius 2 is 1.89 bits per heavy atom. The molecule has 0 aliphatic carbocycles. The average Bonchev–Trinajstić information content (AvgIpc) is 2.70. The second kappa shape index (κ2) is 12.4. The maximum Gasteiger partial charge on any atom is 0.191 e. The van der Waals surface area contributed by atoms with E-state index in [0.29, 0.717) is 13.2 Å². The van der Waals surface area contributed by atoms with Gasteiger partial charge in [0.25, 0.3) is 0 Å². The van der Waals surface area contributed by atoms with Crippen molar-refractivity contribution in [2.24, 2.45) is 10.9 Å². The highest BCUT2D eigenvalue weighted by Gasteiger charge is 2.15. The van der Waals surface area contributed by atoms with Gasteiger partial charge in [-0.25, -0.2) is 0 Å². The lowest BCUT2D eigenvalue weighted by Crippen LogP contribution is -2.40. The van der Waals surface area contributed by atoms with Gasteiger partial charge in [0.2, 0.25) is 0 Å². The average molecular weight is 377 g/mol. The molecule has 1 aliphatic rings. The summed E-state index contributed by atoms with van der Waals surface area (Å²) >= 11 is 0. The lowest BCUT2D eigenvalue weighted by Gasteiger charge is -2.30. The molecule has 1 aromatic carbocycles. The molecular formula is C21H36N4O2. The lowest BCUT2D eigenvalue weighted by molar-refractivity contribution is 0.181. The van der Waals surface area contributed by atoms with E-state index in [9.17, 15) is 0 Å². The van der Waals surface area contributed by atoms with Crippen LogP contribution in [0, 0.1) is 5.92 Å². The Labute approximate surface area is 164 Å². The number of ether oxygens (including phenoxy) is 2. The smallest absolute Gasteiger partial charge is 0.191 e. The molecule has 1 unspecified atom stereocenters. The monoisotopic (exact) mass is 376 g/mol. The number of guanidine groups is 1. The van der Waals surface area contributed by atoms with Gasteiger partial charge in [-0.15, -0.1) is 0 Å². The summed E-state index contributed by atoms with van der Waals surface area (Å²) in [5.74, 6) is 3.37. The number of hydrogen-bond acceptors (Lipinski definition) is 4. The molecule has 27 heavy (non-hydrogen) atoms. The molecule has 0 saturated carbocycles. The highest BCUT2D eigenvalue weighted by atomic mass is 16.5. The topological polar surface area (TPSA) is 58.1 Å². The number of piperidine rings is 1. The van der Waals surface area contributed by atoms with E-state index in [4.69, 9.17) is 9.47 Å². The van der Waals surface area contributed by atoms with E-state index in [1.54, 1.807) is 14.2 Å². The highest BCUT2D eigenvalue weighted by Crippen LogP contribution is 2.17. The van der Waals surface area contributed by atoms with E-state index in [1.807, 2.05) is 24.3 Å². The fourth-order valence-electron chi connectivity index (χ4n) is 3.39. The number of unbranched alkanes of at least 4 members (excludes halogenated alkanes) is 1. The molecule has 6 nitrogen and oxygen atoms in total. The zero-order chi connectivity index (χ0) is 19.3. The SMILES string of the molecule is CN=C(NCCCCN1CCCC(C)C1)NCCOc1ccc(OC)cc1. The normalized spacial score (nSPS) is 18.2. The quantitative estimate of drug-likeness (QED) is 0.374. The highest BCUT2D eigenvalue weighted by molar-refractivity contribution is 5.79. The Balaban J connectivity index is 1.51. The van der Waals surface area contributed by atoms with Crippen molar-refractivity contribution in [1.82, 2.24) is 15.5 Å². The second-order valence-corrected chi connectivity index (χ2v) is 7.20. The predicted octanol–water partition coefficient (Wildman–Crippen LogP) is 2.75. The Morgan fingerprint density at radius 3 is 2.59 bits per heavy atom. The number of benzene rings is 1. The van der Waals surface area contributed by atoms with Gasteiger partial charge in [-0.05, 0) is 69.0 Å². The Bertz CT molecular complexity index is 548. The number of hydrogen-bond donors (Lipinski definition) is 2. The summed E-state index contributed by atoms with van der Waals surface area (Å²) in [5, 5.41) is 6.67. The largest absolute Gasteiger partial charge is 0.497 e. The standard InChI is InChI=1S/C21H36N4O2/c1-18-7-6-15-25(17-18)14-5-4-12-23-21(22-2)24-13-16-27-20-10-8-19(26-3)9-11-20/h8-11,18H,4-7,12-17H2,1-3H3,(H2,22,23,24). The first-order valence-electron chi connectivity index (χ1n) is 10.1. The van der Waals surface area contributed by atoms with E-state index >= 15 is 0 Å². The molecule has 0 spiro atoms. The summed E-state index contributed by atoms with van der Waals surface area (Å²) in [7, 11) is 3.46. The minimum Gasteiger partial charge on any atom is -0.497 e. The fourth-order valence-corrected chi connectivity index (χ4v) is 3.39. The molecule has 0 bridgehead atoms. The molecule has 1 aliphatic heterocycles.